The van der Waals surface area contributed by atoms with Crippen molar-refractivity contribution < 1.29 is 160 Å². The molecule has 3 rings (SSSR count). The molecule has 0 unspecified atom stereocenters. The topological polar surface area (TPSA) is 311 Å². The first-order valence-electron chi connectivity index (χ1n) is 11.6. The predicted molar refractivity (Wildman–Crippen MR) is 147 cm³/mol. The molecule has 0 heterocycles. The summed E-state index contributed by atoms with van der Waals surface area (Å²) in [5.74, 6) is -3.99. The van der Waals surface area contributed by atoms with Crippen molar-refractivity contribution in [3.05, 3.63) is 30.3 Å². The van der Waals surface area contributed by atoms with Gasteiger partial charge < -0.3 is 24.2 Å². The van der Waals surface area contributed by atoms with Gasteiger partial charge in [0.2, 0.25) is 0 Å². The SMILES string of the molecule is COc1cc(S(=O)(=O)CCOS(=O)(=O)O)c(OC)cc1N=Nc1c(S(=O)(=O)O)cc2cc(S(=O)(=O)[O-])cc(N=C(C)[O-])c2c1[O-].[Na+].[Na+].[Na+]. The van der Waals surface area contributed by atoms with Crippen LogP contribution >= 0.6 is 0 Å². The standard InChI is InChI=1S/C22H23N3O16S4.3Na/c1-11(26)23-15-8-13(43(30,31)32)6-12-7-19(44(33,34)35)21(22(27)20(12)15)25-24-14-9-17(40-3)18(10-16(14)39-2)42(28,29)5-4-41-45(36,37)38;;;/h6-10,27H,4-5H2,1-3H3,(H,23,26)(H,30,31,32)(H,33,34,35)(H,36,37,38);;;/q;3*+1/p-3. The molecular weight excluding hydrogens is 759 g/mol. The summed E-state index contributed by atoms with van der Waals surface area (Å²) in [7, 11) is -17.7. The minimum absolute atomic E-state index is 0. The summed E-state index contributed by atoms with van der Waals surface area (Å²) in [5.41, 5.74) is -2.07. The number of sulfone groups is 1. The zero-order valence-electron chi connectivity index (χ0n) is 25.9. The van der Waals surface area contributed by atoms with Crippen LogP contribution in [-0.4, -0.2) is 79.8 Å². The summed E-state index contributed by atoms with van der Waals surface area (Å²) < 4.78 is 139. The summed E-state index contributed by atoms with van der Waals surface area (Å²) >= 11 is 0. The van der Waals surface area contributed by atoms with Crippen molar-refractivity contribution in [2.75, 3.05) is 26.6 Å². The van der Waals surface area contributed by atoms with Crippen LogP contribution in [0.3, 0.4) is 0 Å². The molecule has 0 fully saturated rings. The second kappa shape index (κ2) is 18.0. The van der Waals surface area contributed by atoms with E-state index in [9.17, 15) is 53.0 Å². The predicted octanol–water partition coefficient (Wildman–Crippen LogP) is -8.49. The van der Waals surface area contributed by atoms with Gasteiger partial charge >= 0.3 is 99.1 Å². The first kappa shape index (κ1) is 47.0. The molecule has 26 heteroatoms. The number of methoxy groups -OCH3 is 2. The van der Waals surface area contributed by atoms with E-state index in [1.807, 2.05) is 0 Å². The van der Waals surface area contributed by atoms with Crippen molar-refractivity contribution in [3.63, 3.8) is 0 Å². The summed E-state index contributed by atoms with van der Waals surface area (Å²) in [6.07, 6.45) is 0. The van der Waals surface area contributed by atoms with E-state index in [1.54, 1.807) is 0 Å². The van der Waals surface area contributed by atoms with E-state index in [2.05, 4.69) is 19.4 Å². The number of benzene rings is 3. The van der Waals surface area contributed by atoms with Crippen LogP contribution < -0.4 is 108 Å². The van der Waals surface area contributed by atoms with Gasteiger partial charge in [0, 0.05) is 17.5 Å². The Morgan fingerprint density at radius 3 is 1.88 bits per heavy atom. The third-order valence-corrected chi connectivity index (χ3v) is 9.41. The van der Waals surface area contributed by atoms with Gasteiger partial charge in [0.05, 0.1) is 42.8 Å². The van der Waals surface area contributed by atoms with E-state index >= 15 is 0 Å². The van der Waals surface area contributed by atoms with E-state index in [0.29, 0.717) is 18.2 Å². The molecule has 0 spiro atoms. The molecule has 2 N–H and O–H groups in total. The first-order valence-corrected chi connectivity index (χ1v) is 17.5. The van der Waals surface area contributed by atoms with E-state index in [-0.39, 0.29) is 100 Å². The number of nitrogens with zero attached hydrogens (tertiary/aromatic N) is 3. The Kier molecular flexibility index (Phi) is 17.6. The molecule has 0 aliphatic heterocycles. The third-order valence-electron chi connectivity index (χ3n) is 5.57. The van der Waals surface area contributed by atoms with E-state index < -0.39 is 107 Å². The molecule has 19 nitrogen and oxygen atoms in total. The maximum Gasteiger partial charge on any atom is 1.00 e. The summed E-state index contributed by atoms with van der Waals surface area (Å²) in [5, 5.41) is 31.4. The van der Waals surface area contributed by atoms with Gasteiger partial charge in [0.1, 0.15) is 37.1 Å². The zero-order valence-corrected chi connectivity index (χ0v) is 35.2. The molecule has 246 valence electrons. The molecule has 0 aromatic heterocycles. The maximum atomic E-state index is 13.5. The molecule has 3 aromatic carbocycles. The monoisotopic (exact) mass is 779 g/mol. The van der Waals surface area contributed by atoms with Crippen molar-refractivity contribution in [1.29, 1.82) is 0 Å². The number of hydrogen-bond donors (Lipinski definition) is 2. The molecule has 48 heavy (non-hydrogen) atoms. The number of azo groups is 1. The van der Waals surface area contributed by atoms with Gasteiger partial charge in [0.15, 0.2) is 9.84 Å². The quantitative estimate of drug-likeness (QED) is 0.0567. The van der Waals surface area contributed by atoms with Crippen LogP contribution in [0.25, 0.3) is 10.8 Å². The third kappa shape index (κ3) is 11.8. The maximum absolute atomic E-state index is 13.5. The molecule has 3 aromatic rings. The van der Waals surface area contributed by atoms with Crippen LogP contribution in [0.4, 0.5) is 17.1 Å². The molecular formula is C22H20N3Na3O16S4. The van der Waals surface area contributed by atoms with E-state index in [4.69, 9.17) is 14.0 Å². The number of ether oxygens (including phenoxy) is 2. The van der Waals surface area contributed by atoms with Crippen molar-refractivity contribution in [3.8, 4) is 17.2 Å². The van der Waals surface area contributed by atoms with Crippen LogP contribution in [0.15, 0.2) is 60.2 Å². The molecule has 0 aliphatic rings. The molecule has 0 aliphatic carbocycles. The minimum atomic E-state index is -5.30. The van der Waals surface area contributed by atoms with Gasteiger partial charge in [-0.25, -0.2) is 21.0 Å². The Bertz CT molecular complexity index is 2190. The van der Waals surface area contributed by atoms with E-state index in [1.165, 1.54) is 0 Å². The minimum Gasteiger partial charge on any atom is -0.870 e. The Balaban J connectivity index is 0.00000736. The van der Waals surface area contributed by atoms with Gasteiger partial charge in [-0.15, -0.1) is 10.2 Å². The second-order valence-corrected chi connectivity index (χ2v) is 14.5. The van der Waals surface area contributed by atoms with Gasteiger partial charge in [-0.1, -0.05) is 5.75 Å². The smallest absolute Gasteiger partial charge is 0.870 e. The molecule has 0 amide bonds. The van der Waals surface area contributed by atoms with Crippen molar-refractivity contribution in [1.82, 2.24) is 0 Å². The van der Waals surface area contributed by atoms with Gasteiger partial charge in [-0.3, -0.25) is 14.1 Å². The summed E-state index contributed by atoms with van der Waals surface area (Å²) in [4.78, 5) is 0.790. The van der Waals surface area contributed by atoms with E-state index in [0.717, 1.165) is 33.3 Å². The van der Waals surface area contributed by atoms with Crippen molar-refractivity contribution in [2.45, 2.75) is 21.6 Å². The molecule has 0 saturated heterocycles. The molecule has 0 radical (unpaired) electrons. The first-order chi connectivity index (χ1) is 20.6. The summed E-state index contributed by atoms with van der Waals surface area (Å²) in [6.45, 7) is -0.0339. The average molecular weight is 780 g/mol. The van der Waals surface area contributed by atoms with Crippen LogP contribution in [0, 0.1) is 0 Å². The van der Waals surface area contributed by atoms with Gasteiger partial charge in [-0.05, 0) is 36.4 Å². The van der Waals surface area contributed by atoms with Crippen LogP contribution in [0.1, 0.15) is 6.92 Å². The zero-order chi connectivity index (χ0) is 34.1. The fourth-order valence-electron chi connectivity index (χ4n) is 3.75. The van der Waals surface area contributed by atoms with Crippen molar-refractivity contribution in [2.24, 2.45) is 15.2 Å². The fraction of sp³-hybridized carbons (Fsp3) is 0.227. The van der Waals surface area contributed by atoms with Gasteiger partial charge in [0.25, 0.3) is 10.1 Å². The normalized spacial score (nSPS) is 12.6. The van der Waals surface area contributed by atoms with Gasteiger partial charge in [-0.2, -0.15) is 16.8 Å². The van der Waals surface area contributed by atoms with Crippen LogP contribution in [0.5, 0.6) is 17.2 Å². The largest absolute Gasteiger partial charge is 1.00 e. The number of aliphatic imine (C=N–C) groups is 1. The van der Waals surface area contributed by atoms with Crippen LogP contribution in [0.2, 0.25) is 0 Å². The molecule has 0 atom stereocenters. The Morgan fingerprint density at radius 1 is 0.812 bits per heavy atom. The Morgan fingerprint density at radius 2 is 1.40 bits per heavy atom. The summed E-state index contributed by atoms with van der Waals surface area (Å²) in [6, 6.07) is 3.63. The molecule has 0 saturated carbocycles. The fourth-order valence-corrected chi connectivity index (χ4v) is 6.59. The molecule has 0 bridgehead atoms. The number of rotatable bonds is 12. The second-order valence-electron chi connectivity index (χ2n) is 8.60. The average Bonchev–Trinajstić information content (AvgIpc) is 2.89. The Labute approximate surface area is 341 Å². The number of hydrogen-bond acceptors (Lipinski definition) is 17. The number of fused-ring (bicyclic) bond motifs is 1. The van der Waals surface area contributed by atoms with Crippen molar-refractivity contribution >= 4 is 74.2 Å². The van der Waals surface area contributed by atoms with Crippen LogP contribution in [-0.2, 0) is 44.7 Å². The Hall–Kier alpha value is -0.970.